The van der Waals surface area contributed by atoms with Crippen LogP contribution in [-0.4, -0.2) is 32.5 Å². The van der Waals surface area contributed by atoms with E-state index in [0.29, 0.717) is 30.9 Å². The molecule has 0 fully saturated rings. The number of Topliss-reactive ketones (excluding diaryl/α,β-unsaturated/α-hetero) is 1. The number of hydrogen-bond acceptors (Lipinski definition) is 4. The Hall–Kier alpha value is -2.54. The first-order chi connectivity index (χ1) is 11.5. The van der Waals surface area contributed by atoms with Crippen LogP contribution in [0.4, 0.5) is 4.39 Å². The lowest BCUT2D eigenvalue weighted by Crippen LogP contribution is -2.36. The molecule has 4 heterocycles. The molecule has 5 nitrogen and oxygen atoms in total. The van der Waals surface area contributed by atoms with Crippen LogP contribution < -0.4 is 0 Å². The van der Waals surface area contributed by atoms with Crippen molar-refractivity contribution in [1.29, 1.82) is 0 Å². The van der Waals surface area contributed by atoms with Crippen LogP contribution in [0.25, 0.3) is 5.65 Å². The molecule has 1 amide bonds. The molecule has 0 saturated carbocycles. The summed E-state index contributed by atoms with van der Waals surface area (Å²) < 4.78 is 14.9. The Kier molecular flexibility index (Phi) is 3.45. The Morgan fingerprint density at radius 3 is 2.96 bits per heavy atom. The highest BCUT2D eigenvalue weighted by Gasteiger charge is 2.27. The molecule has 0 radical (unpaired) electrons. The Labute approximate surface area is 141 Å². The number of carbonyl (C=O) groups is 2. The van der Waals surface area contributed by atoms with Crippen molar-refractivity contribution in [3.63, 3.8) is 0 Å². The van der Waals surface area contributed by atoms with Crippen molar-refractivity contribution in [2.24, 2.45) is 0 Å². The van der Waals surface area contributed by atoms with Gasteiger partial charge in [0.1, 0.15) is 17.2 Å². The zero-order valence-electron chi connectivity index (χ0n) is 13.0. The summed E-state index contributed by atoms with van der Waals surface area (Å²) in [5.74, 6) is -0.541. The van der Waals surface area contributed by atoms with Crippen molar-refractivity contribution < 1.29 is 14.0 Å². The molecule has 24 heavy (non-hydrogen) atoms. The molecule has 0 aliphatic carbocycles. The first kappa shape index (κ1) is 15.0. The third-order valence-electron chi connectivity index (χ3n) is 4.30. The molecule has 1 aliphatic rings. The van der Waals surface area contributed by atoms with E-state index < -0.39 is 5.82 Å². The number of halogens is 1. The second-order valence-electron chi connectivity index (χ2n) is 5.80. The number of nitrogens with zero attached hydrogens (tertiary/aromatic N) is 3. The quantitative estimate of drug-likeness (QED) is 0.672. The van der Waals surface area contributed by atoms with Gasteiger partial charge in [0.25, 0.3) is 5.91 Å². The molecular formula is C17H14FN3O2S. The lowest BCUT2D eigenvalue weighted by Gasteiger charge is -2.27. The van der Waals surface area contributed by atoms with Crippen molar-refractivity contribution in [3.05, 3.63) is 57.4 Å². The van der Waals surface area contributed by atoms with Crippen LogP contribution in [0.2, 0.25) is 0 Å². The van der Waals surface area contributed by atoms with E-state index in [1.165, 1.54) is 34.2 Å². The second kappa shape index (κ2) is 5.52. The van der Waals surface area contributed by atoms with Crippen LogP contribution in [0.3, 0.4) is 0 Å². The number of carbonyl (C=O) groups excluding carboxylic acids is 2. The summed E-state index contributed by atoms with van der Waals surface area (Å²) in [5.41, 5.74) is 2.70. The highest BCUT2D eigenvalue weighted by atomic mass is 32.1. The molecule has 3 aromatic heterocycles. The van der Waals surface area contributed by atoms with Gasteiger partial charge in [-0.3, -0.25) is 14.0 Å². The van der Waals surface area contributed by atoms with Crippen LogP contribution >= 0.6 is 11.3 Å². The lowest BCUT2D eigenvalue weighted by atomic mass is 10.0. The number of aromatic nitrogens is 2. The highest BCUT2D eigenvalue weighted by Crippen LogP contribution is 2.29. The molecule has 0 unspecified atom stereocenters. The summed E-state index contributed by atoms with van der Waals surface area (Å²) in [6.07, 6.45) is 3.40. The summed E-state index contributed by atoms with van der Waals surface area (Å²) in [6, 6.07) is 2.86. The first-order valence-corrected chi connectivity index (χ1v) is 8.44. The second-order valence-corrected chi connectivity index (χ2v) is 6.77. The van der Waals surface area contributed by atoms with Gasteiger partial charge >= 0.3 is 0 Å². The van der Waals surface area contributed by atoms with E-state index in [4.69, 9.17) is 0 Å². The third kappa shape index (κ3) is 2.32. The largest absolute Gasteiger partial charge is 0.332 e. The zero-order valence-corrected chi connectivity index (χ0v) is 13.8. The van der Waals surface area contributed by atoms with E-state index in [-0.39, 0.29) is 11.7 Å². The molecule has 0 spiro atoms. The van der Waals surface area contributed by atoms with E-state index in [2.05, 4.69) is 4.98 Å². The topological polar surface area (TPSA) is 54.7 Å². The molecule has 122 valence electrons. The number of imidazole rings is 1. The van der Waals surface area contributed by atoms with E-state index in [1.54, 1.807) is 17.9 Å². The van der Waals surface area contributed by atoms with Crippen molar-refractivity contribution in [2.45, 2.75) is 19.9 Å². The molecule has 0 saturated heterocycles. The van der Waals surface area contributed by atoms with E-state index >= 15 is 0 Å². The fourth-order valence-electron chi connectivity index (χ4n) is 3.07. The van der Waals surface area contributed by atoms with Crippen LogP contribution in [0, 0.1) is 5.82 Å². The SMILES string of the molecule is CC(=O)c1csc2c1CCN(C(=O)c1cnc3ccc(F)cn13)C2. The number of hydrogen-bond donors (Lipinski definition) is 0. The number of amides is 1. The van der Waals surface area contributed by atoms with E-state index in [9.17, 15) is 14.0 Å². The maximum atomic E-state index is 13.5. The number of rotatable bonds is 2. The molecular weight excluding hydrogens is 329 g/mol. The van der Waals surface area contributed by atoms with Crippen molar-refractivity contribution in [3.8, 4) is 0 Å². The maximum Gasteiger partial charge on any atom is 0.272 e. The van der Waals surface area contributed by atoms with Crippen LogP contribution in [0.5, 0.6) is 0 Å². The minimum Gasteiger partial charge on any atom is -0.332 e. The number of pyridine rings is 1. The zero-order chi connectivity index (χ0) is 16.8. The smallest absolute Gasteiger partial charge is 0.272 e. The average molecular weight is 343 g/mol. The average Bonchev–Trinajstić information content (AvgIpc) is 3.17. The summed E-state index contributed by atoms with van der Waals surface area (Å²) in [4.78, 5) is 31.4. The van der Waals surface area contributed by atoms with Gasteiger partial charge in [-0.05, 0) is 31.0 Å². The van der Waals surface area contributed by atoms with Gasteiger partial charge in [0.15, 0.2) is 5.78 Å². The van der Waals surface area contributed by atoms with E-state index in [0.717, 1.165) is 16.0 Å². The van der Waals surface area contributed by atoms with E-state index in [1.807, 2.05) is 5.38 Å². The summed E-state index contributed by atoms with van der Waals surface area (Å²) in [7, 11) is 0. The number of fused-ring (bicyclic) bond motifs is 2. The Morgan fingerprint density at radius 1 is 1.33 bits per heavy atom. The molecule has 4 rings (SSSR count). The van der Waals surface area contributed by atoms with Crippen molar-refractivity contribution >= 4 is 28.7 Å². The molecule has 0 atom stereocenters. The molecule has 7 heteroatoms. The summed E-state index contributed by atoms with van der Waals surface area (Å²) in [5, 5.41) is 1.87. The Morgan fingerprint density at radius 2 is 2.17 bits per heavy atom. The molecule has 1 aliphatic heterocycles. The third-order valence-corrected chi connectivity index (χ3v) is 5.32. The van der Waals surface area contributed by atoms with Gasteiger partial charge in [-0.25, -0.2) is 9.37 Å². The Balaban J connectivity index is 1.65. The number of ketones is 1. The minimum absolute atomic E-state index is 0.0598. The monoisotopic (exact) mass is 343 g/mol. The summed E-state index contributed by atoms with van der Waals surface area (Å²) in [6.45, 7) is 2.56. The Bertz CT molecular complexity index is 976. The number of thiophene rings is 1. The molecule has 0 aromatic carbocycles. The van der Waals surface area contributed by atoms with Crippen LogP contribution in [-0.2, 0) is 13.0 Å². The predicted octanol–water partition coefficient (Wildman–Crippen LogP) is 2.94. The highest BCUT2D eigenvalue weighted by molar-refractivity contribution is 7.10. The van der Waals surface area contributed by atoms with Crippen LogP contribution in [0.15, 0.2) is 29.9 Å². The van der Waals surface area contributed by atoms with Crippen molar-refractivity contribution in [2.75, 3.05) is 6.54 Å². The van der Waals surface area contributed by atoms with Gasteiger partial charge in [-0.2, -0.15) is 0 Å². The standard InChI is InChI=1S/C17H14FN3O2S/c1-10(22)13-9-24-15-8-20(5-4-12(13)15)17(23)14-6-19-16-3-2-11(18)7-21(14)16/h2-3,6-7,9H,4-5,8H2,1H3. The van der Waals surface area contributed by atoms with Gasteiger partial charge in [0, 0.05) is 28.6 Å². The maximum absolute atomic E-state index is 13.5. The van der Waals surface area contributed by atoms with Crippen LogP contribution in [0.1, 0.15) is 38.2 Å². The molecule has 0 N–H and O–H groups in total. The van der Waals surface area contributed by atoms with Gasteiger partial charge in [-0.1, -0.05) is 0 Å². The predicted molar refractivity (Wildman–Crippen MR) is 87.9 cm³/mol. The first-order valence-electron chi connectivity index (χ1n) is 7.56. The fraction of sp³-hybridized carbons (Fsp3) is 0.235. The van der Waals surface area contributed by atoms with Gasteiger partial charge in [0.05, 0.1) is 12.7 Å². The van der Waals surface area contributed by atoms with Gasteiger partial charge < -0.3 is 4.90 Å². The van der Waals surface area contributed by atoms with Gasteiger partial charge in [-0.15, -0.1) is 11.3 Å². The molecule has 0 bridgehead atoms. The normalized spacial score (nSPS) is 14.0. The fourth-order valence-corrected chi connectivity index (χ4v) is 4.23. The minimum atomic E-state index is -0.417. The molecule has 3 aromatic rings. The lowest BCUT2D eigenvalue weighted by molar-refractivity contribution is 0.0730. The van der Waals surface area contributed by atoms with Gasteiger partial charge in [0.2, 0.25) is 0 Å². The van der Waals surface area contributed by atoms with Crippen molar-refractivity contribution in [1.82, 2.24) is 14.3 Å². The summed E-state index contributed by atoms with van der Waals surface area (Å²) >= 11 is 1.51.